The molecule has 1 N–H and O–H groups in total. The molecule has 0 heterocycles. The number of hydrogen-bond acceptors (Lipinski definition) is 7. The number of hydrogen-bond donors (Lipinski definition) is 1. The van der Waals surface area contributed by atoms with Crippen LogP contribution in [-0.2, 0) is 25.3 Å². The highest BCUT2D eigenvalue weighted by Crippen LogP contribution is 2.39. The fourth-order valence-electron chi connectivity index (χ4n) is 5.03. The van der Waals surface area contributed by atoms with E-state index in [2.05, 4.69) is 47.7 Å². The second-order valence-electron chi connectivity index (χ2n) is 14.0. The normalized spacial score (nSPS) is 16.5. The number of rotatable bonds is 17. The lowest BCUT2D eigenvalue weighted by molar-refractivity contribution is -0.131. The number of ketones is 1. The van der Waals surface area contributed by atoms with Gasteiger partial charge in [-0.05, 0) is 53.9 Å². The number of benzene rings is 2. The van der Waals surface area contributed by atoms with Crippen molar-refractivity contribution in [1.82, 2.24) is 0 Å². The van der Waals surface area contributed by atoms with Crippen LogP contribution in [0.4, 0.5) is 0 Å². The van der Waals surface area contributed by atoms with Crippen LogP contribution in [0.5, 0.6) is 5.75 Å². The molecule has 0 amide bonds. The van der Waals surface area contributed by atoms with Crippen molar-refractivity contribution in [2.45, 2.75) is 105 Å². The van der Waals surface area contributed by atoms with E-state index in [9.17, 15) is 14.7 Å². The Bertz CT molecular complexity index is 1160. The molecular formula is C36H56O7Si. The number of esters is 1. The first-order valence-corrected chi connectivity index (χ1v) is 18.7. The van der Waals surface area contributed by atoms with Gasteiger partial charge >= 0.3 is 5.97 Å². The highest BCUT2D eigenvalue weighted by atomic mass is 28.4. The molecule has 7 nitrogen and oxygen atoms in total. The van der Waals surface area contributed by atoms with E-state index in [1.807, 2.05) is 51.1 Å². The van der Waals surface area contributed by atoms with Crippen LogP contribution in [0.15, 0.2) is 54.6 Å². The van der Waals surface area contributed by atoms with Crippen molar-refractivity contribution in [3.05, 3.63) is 65.7 Å². The first kappa shape index (κ1) is 37.7. The van der Waals surface area contributed by atoms with Crippen molar-refractivity contribution < 1.29 is 33.3 Å². The van der Waals surface area contributed by atoms with Gasteiger partial charge in [-0.25, -0.2) is 4.79 Å². The predicted octanol–water partition coefficient (Wildman–Crippen LogP) is 7.71. The van der Waals surface area contributed by atoms with E-state index in [1.54, 1.807) is 31.4 Å². The van der Waals surface area contributed by atoms with Crippen molar-refractivity contribution >= 4 is 20.1 Å². The molecular weight excluding hydrogens is 572 g/mol. The monoisotopic (exact) mass is 628 g/mol. The van der Waals surface area contributed by atoms with E-state index < -0.39 is 32.4 Å². The van der Waals surface area contributed by atoms with Gasteiger partial charge in [0.25, 0.3) is 0 Å². The van der Waals surface area contributed by atoms with Crippen LogP contribution >= 0.6 is 0 Å². The summed E-state index contributed by atoms with van der Waals surface area (Å²) in [6.07, 6.45) is -1.61. The summed E-state index contributed by atoms with van der Waals surface area (Å²) in [5.74, 6) is -0.568. The number of Topliss-reactive ketones (excluding diaryl/α,β-unsaturated/α-hetero) is 1. The van der Waals surface area contributed by atoms with Gasteiger partial charge in [0.2, 0.25) is 0 Å². The minimum absolute atomic E-state index is 0.00860. The summed E-state index contributed by atoms with van der Waals surface area (Å²) in [7, 11) is -0.653. The number of ether oxygens (including phenoxy) is 3. The number of carbonyl (C=O) groups is 2. The number of aliphatic hydroxyl groups excluding tert-OH is 1. The van der Waals surface area contributed by atoms with Crippen molar-refractivity contribution in [2.24, 2.45) is 23.7 Å². The third-order valence-electron chi connectivity index (χ3n) is 9.08. The van der Waals surface area contributed by atoms with Gasteiger partial charge < -0.3 is 23.7 Å². The van der Waals surface area contributed by atoms with E-state index in [0.717, 1.165) is 11.3 Å². The smallest absolute Gasteiger partial charge is 0.338 e. The van der Waals surface area contributed by atoms with E-state index in [0.29, 0.717) is 12.2 Å². The van der Waals surface area contributed by atoms with Crippen LogP contribution in [0.1, 0.15) is 77.7 Å². The fraction of sp³-hybridized carbons (Fsp3) is 0.611. The number of aliphatic hydroxyl groups is 1. The molecule has 44 heavy (non-hydrogen) atoms. The fourth-order valence-corrected chi connectivity index (χ4v) is 6.50. The molecule has 246 valence electrons. The largest absolute Gasteiger partial charge is 0.497 e. The van der Waals surface area contributed by atoms with Crippen LogP contribution < -0.4 is 4.74 Å². The number of carbonyl (C=O) groups excluding carboxylic acids is 2. The van der Waals surface area contributed by atoms with Crippen LogP contribution in [0.3, 0.4) is 0 Å². The van der Waals surface area contributed by atoms with Gasteiger partial charge in [0.05, 0.1) is 44.2 Å². The molecule has 0 unspecified atom stereocenters. The van der Waals surface area contributed by atoms with Gasteiger partial charge in [-0.1, -0.05) is 85.7 Å². The van der Waals surface area contributed by atoms with Crippen LogP contribution in [0.2, 0.25) is 18.1 Å². The van der Waals surface area contributed by atoms with Gasteiger partial charge in [-0.15, -0.1) is 0 Å². The van der Waals surface area contributed by atoms with Crippen molar-refractivity contribution in [3.63, 3.8) is 0 Å². The van der Waals surface area contributed by atoms with Crippen LogP contribution in [0.25, 0.3) is 0 Å². The molecule has 2 aromatic rings. The Morgan fingerprint density at radius 1 is 0.886 bits per heavy atom. The van der Waals surface area contributed by atoms with E-state index in [1.165, 1.54) is 0 Å². The summed E-state index contributed by atoms with van der Waals surface area (Å²) < 4.78 is 24.0. The van der Waals surface area contributed by atoms with Crippen molar-refractivity contribution in [1.29, 1.82) is 0 Å². The molecule has 0 bridgehead atoms. The van der Waals surface area contributed by atoms with Gasteiger partial charge in [-0.2, -0.15) is 0 Å². The topological polar surface area (TPSA) is 91.3 Å². The Kier molecular flexibility index (Phi) is 14.3. The molecule has 0 aliphatic carbocycles. The van der Waals surface area contributed by atoms with Crippen molar-refractivity contribution in [3.8, 4) is 5.75 Å². The zero-order valence-electron chi connectivity index (χ0n) is 28.8. The average molecular weight is 629 g/mol. The number of methoxy groups -OCH3 is 1. The molecule has 8 heteroatoms. The molecule has 0 fully saturated rings. The Morgan fingerprint density at radius 3 is 2.00 bits per heavy atom. The zero-order valence-corrected chi connectivity index (χ0v) is 29.8. The maximum absolute atomic E-state index is 13.7. The highest BCUT2D eigenvalue weighted by Gasteiger charge is 2.43. The first-order valence-electron chi connectivity index (χ1n) is 15.8. The van der Waals surface area contributed by atoms with Crippen LogP contribution in [-0.4, -0.2) is 57.2 Å². The van der Waals surface area contributed by atoms with Crippen molar-refractivity contribution in [2.75, 3.05) is 13.7 Å². The lowest BCUT2D eigenvalue weighted by atomic mass is 9.84. The van der Waals surface area contributed by atoms with E-state index in [-0.39, 0.29) is 47.7 Å². The van der Waals surface area contributed by atoms with E-state index >= 15 is 0 Å². The van der Waals surface area contributed by atoms with Gasteiger partial charge in [0.15, 0.2) is 8.32 Å². The zero-order chi connectivity index (χ0) is 33.2. The summed E-state index contributed by atoms with van der Waals surface area (Å²) in [6.45, 7) is 21.2. The molecule has 0 saturated carbocycles. The summed E-state index contributed by atoms with van der Waals surface area (Å²) in [5.41, 5.74) is 1.49. The van der Waals surface area contributed by atoms with Gasteiger partial charge in [0.1, 0.15) is 11.5 Å². The molecule has 2 rings (SSSR count). The third-order valence-corrected chi connectivity index (χ3v) is 13.6. The molecule has 0 radical (unpaired) electrons. The second kappa shape index (κ2) is 16.7. The lowest BCUT2D eigenvalue weighted by Gasteiger charge is -2.42. The third kappa shape index (κ3) is 10.8. The summed E-state index contributed by atoms with van der Waals surface area (Å²) in [6, 6.07) is 16.6. The Labute approximate surface area is 266 Å². The molecule has 0 saturated heterocycles. The standard InChI is InChI=1S/C36H56O7Si/c1-24(2)33(41-23-28-17-19-30(40-9)20-18-28)26(4)31(37)21-32(38)27(5)34(43-44(10,11)36(6,7)8)25(3)22-42-35(39)29-15-13-12-14-16-29/h12-20,24-27,31,33-34,37H,21-23H2,1-11H3/t25-,26+,27-,31-,33-,34-/m1/s1. The van der Waals surface area contributed by atoms with E-state index in [4.69, 9.17) is 18.6 Å². The first-order chi connectivity index (χ1) is 20.5. The average Bonchev–Trinajstić information content (AvgIpc) is 2.98. The SMILES string of the molecule is COc1ccc(CO[C@H](C(C)C)[C@@H](C)[C@H](O)CC(=O)[C@@H](C)[C@H](O[Si](C)(C)C(C)(C)C)[C@H](C)COC(=O)c2ccccc2)cc1. The highest BCUT2D eigenvalue weighted by molar-refractivity contribution is 6.74. The molecule has 2 aromatic carbocycles. The summed E-state index contributed by atoms with van der Waals surface area (Å²) in [4.78, 5) is 26.4. The minimum atomic E-state index is -2.29. The molecule has 0 aromatic heterocycles. The van der Waals surface area contributed by atoms with Gasteiger partial charge in [0, 0.05) is 24.2 Å². The second-order valence-corrected chi connectivity index (χ2v) is 18.8. The molecule has 6 atom stereocenters. The molecule has 0 aliphatic heterocycles. The summed E-state index contributed by atoms with van der Waals surface area (Å²) in [5, 5.41) is 11.2. The molecule has 0 aliphatic rings. The maximum Gasteiger partial charge on any atom is 0.338 e. The lowest BCUT2D eigenvalue weighted by Crippen LogP contribution is -2.49. The maximum atomic E-state index is 13.7. The Morgan fingerprint density at radius 2 is 1.48 bits per heavy atom. The van der Waals surface area contributed by atoms with Gasteiger partial charge in [-0.3, -0.25) is 4.79 Å². The quantitative estimate of drug-likeness (QED) is 0.142. The van der Waals surface area contributed by atoms with Crippen LogP contribution in [0, 0.1) is 23.7 Å². The Hall–Kier alpha value is -2.52. The predicted molar refractivity (Wildman–Crippen MR) is 178 cm³/mol. The Balaban J connectivity index is 2.14. The molecule has 0 spiro atoms. The summed E-state index contributed by atoms with van der Waals surface area (Å²) >= 11 is 0. The minimum Gasteiger partial charge on any atom is -0.497 e.